The van der Waals surface area contributed by atoms with Gasteiger partial charge in [-0.2, -0.15) is 0 Å². The summed E-state index contributed by atoms with van der Waals surface area (Å²) >= 11 is 12.4. The molecule has 0 aliphatic carbocycles. The summed E-state index contributed by atoms with van der Waals surface area (Å²) in [7, 11) is 0. The number of likely N-dealkylation sites (tertiary alicyclic amines) is 1. The maximum Gasteiger partial charge on any atom is 0.209 e. The van der Waals surface area contributed by atoms with E-state index in [0.29, 0.717) is 17.5 Å². The Morgan fingerprint density at radius 2 is 2.03 bits per heavy atom. The lowest BCUT2D eigenvalue weighted by molar-refractivity contribution is -0.117. The zero-order valence-corrected chi connectivity index (χ0v) is 20.6. The number of anilines is 1. The molecule has 1 aliphatic heterocycles. The highest BCUT2D eigenvalue weighted by molar-refractivity contribution is 6.36. The Bertz CT molecular complexity index is 1460. The van der Waals surface area contributed by atoms with Gasteiger partial charge in [0.1, 0.15) is 11.9 Å². The second-order valence-electron chi connectivity index (χ2n) is 8.70. The number of hydrogen-bond donors (Lipinski definition) is 2. The number of nitrogens with zero attached hydrogens (tertiary/aromatic N) is 2. The highest BCUT2D eigenvalue weighted by Gasteiger charge is 2.34. The Morgan fingerprint density at radius 3 is 2.78 bits per heavy atom. The average molecular weight is 530 g/mol. The number of carbonyl (C=O) groups excluding carboxylic acids is 1. The van der Waals surface area contributed by atoms with Gasteiger partial charge in [0.2, 0.25) is 12.2 Å². The largest absolute Gasteiger partial charge is 0.478 e. The van der Waals surface area contributed by atoms with Gasteiger partial charge in [-0.25, -0.2) is 9.37 Å². The Kier molecular flexibility index (Phi) is 6.51. The summed E-state index contributed by atoms with van der Waals surface area (Å²) in [4.78, 5) is 17.1. The van der Waals surface area contributed by atoms with Crippen LogP contribution in [0.2, 0.25) is 10.0 Å². The number of aliphatic hydroxyl groups excluding tert-OH is 1. The number of rotatable bonds is 6. The van der Waals surface area contributed by atoms with Crippen molar-refractivity contribution in [1.29, 1.82) is 0 Å². The van der Waals surface area contributed by atoms with Gasteiger partial charge in [0.15, 0.2) is 11.4 Å². The molecular formula is C26H22Cl2FN3O4. The minimum absolute atomic E-state index is 0.0834. The number of furan rings is 1. The van der Waals surface area contributed by atoms with Crippen LogP contribution in [-0.2, 0) is 4.79 Å². The Hall–Kier alpha value is -3.33. The van der Waals surface area contributed by atoms with Crippen molar-refractivity contribution in [3.63, 3.8) is 0 Å². The number of β-amino-alcohol motifs (C(OH)–C–C–N with tert-alkyl or cyclic N) is 1. The number of aromatic nitrogens is 1. The quantitative estimate of drug-likeness (QED) is 0.249. The molecule has 3 N–H and O–H groups in total. The van der Waals surface area contributed by atoms with Crippen molar-refractivity contribution in [2.45, 2.75) is 25.0 Å². The molecule has 2 unspecified atom stereocenters. The van der Waals surface area contributed by atoms with Crippen molar-refractivity contribution in [1.82, 2.24) is 9.88 Å². The molecule has 4 aromatic rings. The van der Waals surface area contributed by atoms with Crippen molar-refractivity contribution in [2.75, 3.05) is 18.8 Å². The molecule has 1 saturated heterocycles. The summed E-state index contributed by atoms with van der Waals surface area (Å²) in [5, 5.41) is 11.4. The van der Waals surface area contributed by atoms with Gasteiger partial charge in [-0.3, -0.25) is 4.79 Å². The second kappa shape index (κ2) is 9.61. The van der Waals surface area contributed by atoms with Gasteiger partial charge in [0.25, 0.3) is 0 Å². The normalized spacial score (nSPS) is 18.5. The molecule has 10 heteroatoms. The van der Waals surface area contributed by atoms with Crippen molar-refractivity contribution in [3.8, 4) is 16.9 Å². The SMILES string of the molecule is C[C@@H](Oc1c(N)ncc2c(-c3ccccc3C3CN(C=O)CC3O)coc12)c1c(Cl)ccc(F)c1Cl. The third-order valence-corrected chi connectivity index (χ3v) is 7.21. The smallest absolute Gasteiger partial charge is 0.209 e. The molecule has 1 aliphatic rings. The molecule has 0 radical (unpaired) electrons. The number of halogens is 3. The first-order valence-corrected chi connectivity index (χ1v) is 12.0. The van der Waals surface area contributed by atoms with Crippen LogP contribution in [0.3, 0.4) is 0 Å². The first-order chi connectivity index (χ1) is 17.3. The number of amides is 1. The molecule has 1 amide bonds. The summed E-state index contributed by atoms with van der Waals surface area (Å²) in [5.41, 5.74) is 9.20. The van der Waals surface area contributed by atoms with E-state index in [1.807, 2.05) is 24.3 Å². The van der Waals surface area contributed by atoms with Crippen LogP contribution in [0.25, 0.3) is 22.1 Å². The number of benzene rings is 2. The van der Waals surface area contributed by atoms with Crippen LogP contribution < -0.4 is 10.5 Å². The minimum atomic E-state index is -0.765. The number of nitrogens with two attached hydrogens (primary N) is 1. The number of hydrogen-bond acceptors (Lipinski definition) is 6. The van der Waals surface area contributed by atoms with E-state index in [1.165, 1.54) is 12.1 Å². The third kappa shape index (κ3) is 4.15. The Balaban J connectivity index is 1.56. The maximum absolute atomic E-state index is 14.1. The van der Waals surface area contributed by atoms with Crippen LogP contribution in [0.4, 0.5) is 10.2 Å². The fourth-order valence-electron chi connectivity index (χ4n) is 4.73. The van der Waals surface area contributed by atoms with Crippen molar-refractivity contribution < 1.29 is 23.4 Å². The minimum Gasteiger partial charge on any atom is -0.478 e. The first kappa shape index (κ1) is 24.4. The van der Waals surface area contributed by atoms with Gasteiger partial charge in [0.05, 0.1) is 22.8 Å². The van der Waals surface area contributed by atoms with E-state index in [2.05, 4.69) is 4.98 Å². The average Bonchev–Trinajstić information content (AvgIpc) is 3.47. The van der Waals surface area contributed by atoms with E-state index in [9.17, 15) is 14.3 Å². The second-order valence-corrected chi connectivity index (χ2v) is 9.49. The van der Waals surface area contributed by atoms with Crippen LogP contribution in [0.5, 0.6) is 5.75 Å². The lowest BCUT2D eigenvalue weighted by atomic mass is 9.89. The lowest BCUT2D eigenvalue weighted by Gasteiger charge is -2.19. The molecule has 5 rings (SSSR count). The highest BCUT2D eigenvalue weighted by Crippen LogP contribution is 2.43. The van der Waals surface area contributed by atoms with Crippen molar-refractivity contribution in [2.24, 2.45) is 0 Å². The number of carbonyl (C=O) groups is 1. The molecule has 3 heterocycles. The molecule has 36 heavy (non-hydrogen) atoms. The number of nitrogen functional groups attached to an aromatic ring is 1. The van der Waals surface area contributed by atoms with Gasteiger partial charge >= 0.3 is 0 Å². The van der Waals surface area contributed by atoms with Gasteiger partial charge in [0, 0.05) is 41.4 Å². The monoisotopic (exact) mass is 529 g/mol. The molecule has 3 atom stereocenters. The summed E-state index contributed by atoms with van der Waals surface area (Å²) < 4.78 is 26.1. The standard InChI is InChI=1S/C26H22Cl2FN3O4/c1-13(22-19(27)6-7-20(29)23(22)28)36-25-24-16(8-31-26(25)30)18(11-35-24)15-5-3-2-4-14(15)17-9-32(12-33)10-21(17)34/h2-8,11-13,17,21,34H,9-10H2,1H3,(H2,30,31)/t13-,17?,21?/m1/s1. The predicted molar refractivity (Wildman–Crippen MR) is 136 cm³/mol. The summed E-state index contributed by atoms with van der Waals surface area (Å²) in [6.07, 6.45) is 2.45. The predicted octanol–water partition coefficient (Wildman–Crippen LogP) is 5.58. The third-order valence-electron chi connectivity index (χ3n) is 6.50. The van der Waals surface area contributed by atoms with E-state index in [0.717, 1.165) is 23.1 Å². The molecule has 0 spiro atoms. The van der Waals surface area contributed by atoms with E-state index in [-0.39, 0.29) is 39.6 Å². The van der Waals surface area contributed by atoms with E-state index in [1.54, 1.807) is 24.3 Å². The molecule has 2 aromatic carbocycles. The summed E-state index contributed by atoms with van der Waals surface area (Å²) in [6, 6.07) is 10.2. The maximum atomic E-state index is 14.1. The van der Waals surface area contributed by atoms with Gasteiger partial charge in [-0.15, -0.1) is 0 Å². The molecule has 0 bridgehead atoms. The van der Waals surface area contributed by atoms with Gasteiger partial charge in [-0.1, -0.05) is 47.5 Å². The fraction of sp³-hybridized carbons (Fsp3) is 0.231. The van der Waals surface area contributed by atoms with Crippen LogP contribution in [0.15, 0.2) is 53.3 Å². The highest BCUT2D eigenvalue weighted by atomic mass is 35.5. The summed E-state index contributed by atoms with van der Waals surface area (Å²) in [5.74, 6) is -0.616. The number of aliphatic hydroxyl groups is 1. The van der Waals surface area contributed by atoms with E-state index in [4.69, 9.17) is 38.1 Å². The van der Waals surface area contributed by atoms with Crippen LogP contribution in [0.1, 0.15) is 30.1 Å². The van der Waals surface area contributed by atoms with E-state index >= 15 is 0 Å². The first-order valence-electron chi connectivity index (χ1n) is 11.2. The molecule has 2 aromatic heterocycles. The summed E-state index contributed by atoms with van der Waals surface area (Å²) in [6.45, 7) is 2.35. The topological polar surface area (TPSA) is 102 Å². The number of fused-ring (bicyclic) bond motifs is 1. The number of ether oxygens (including phenoxy) is 1. The van der Waals surface area contributed by atoms with Crippen molar-refractivity contribution in [3.05, 3.63) is 75.8 Å². The van der Waals surface area contributed by atoms with Crippen LogP contribution in [-0.4, -0.2) is 40.6 Å². The zero-order chi connectivity index (χ0) is 25.6. The van der Waals surface area contributed by atoms with Gasteiger partial charge < -0.3 is 24.9 Å². The zero-order valence-electron chi connectivity index (χ0n) is 19.1. The molecular weight excluding hydrogens is 508 g/mol. The number of pyridine rings is 1. The van der Waals surface area contributed by atoms with Gasteiger partial charge in [-0.05, 0) is 30.2 Å². The molecule has 1 fully saturated rings. The fourth-order valence-corrected chi connectivity index (χ4v) is 5.41. The molecule has 0 saturated carbocycles. The van der Waals surface area contributed by atoms with Crippen molar-refractivity contribution >= 4 is 46.4 Å². The Morgan fingerprint density at radius 1 is 1.25 bits per heavy atom. The van der Waals surface area contributed by atoms with Crippen LogP contribution >= 0.6 is 23.2 Å². The Labute approximate surface area is 216 Å². The molecule has 186 valence electrons. The van der Waals surface area contributed by atoms with Crippen LogP contribution in [0, 0.1) is 5.82 Å². The lowest BCUT2D eigenvalue weighted by Crippen LogP contribution is -2.19. The van der Waals surface area contributed by atoms with E-state index < -0.39 is 18.0 Å². The molecule has 7 nitrogen and oxygen atoms in total.